The number of anilines is 2. The summed E-state index contributed by atoms with van der Waals surface area (Å²) in [7, 11) is 0. The highest BCUT2D eigenvalue weighted by Gasteiger charge is 2.57. The van der Waals surface area contributed by atoms with Gasteiger partial charge in [-0.05, 0) is 13.3 Å². The normalized spacial score (nSPS) is 17.4. The molecule has 0 saturated heterocycles. The summed E-state index contributed by atoms with van der Waals surface area (Å²) in [6.07, 6.45) is -5.89. The highest BCUT2D eigenvalue weighted by Crippen LogP contribution is 2.41. The van der Waals surface area contributed by atoms with Gasteiger partial charge in [-0.15, -0.1) is 0 Å². The second-order valence-electron chi connectivity index (χ2n) is 8.17. The highest BCUT2D eigenvalue weighted by molar-refractivity contribution is 6.21. The van der Waals surface area contributed by atoms with Crippen LogP contribution in [0.4, 0.5) is 33.6 Å². The Morgan fingerprint density at radius 1 is 1.16 bits per heavy atom. The lowest BCUT2D eigenvalue weighted by atomic mass is 9.83. The van der Waals surface area contributed by atoms with Crippen molar-refractivity contribution in [3.8, 4) is 11.5 Å². The van der Waals surface area contributed by atoms with E-state index in [0.717, 1.165) is 17.8 Å². The fourth-order valence-electron chi connectivity index (χ4n) is 3.59. The number of nitrogen functional groups attached to an aromatic ring is 1. The van der Waals surface area contributed by atoms with Crippen molar-refractivity contribution in [1.82, 2.24) is 40.4 Å². The Labute approximate surface area is 203 Å². The maximum atomic E-state index is 13.5. The van der Waals surface area contributed by atoms with E-state index in [1.54, 1.807) is 0 Å². The molecule has 4 rings (SSSR count). The number of rotatable bonds is 5. The number of nitrogens with zero attached hydrogens (tertiary/aromatic N) is 6. The van der Waals surface area contributed by atoms with E-state index in [1.165, 1.54) is 13.1 Å². The fourth-order valence-corrected chi connectivity index (χ4v) is 3.59. The molecule has 196 valence electrons. The van der Waals surface area contributed by atoms with Crippen LogP contribution < -0.4 is 21.9 Å². The summed E-state index contributed by atoms with van der Waals surface area (Å²) in [4.78, 5) is 52.6. The van der Waals surface area contributed by atoms with Gasteiger partial charge in [0.25, 0.3) is 5.91 Å². The molecule has 0 aromatic carbocycles. The van der Waals surface area contributed by atoms with E-state index < -0.39 is 48.1 Å². The van der Waals surface area contributed by atoms with Crippen LogP contribution in [0.25, 0.3) is 17.2 Å². The number of aryl methyl sites for hydroxylation is 1. The molecule has 0 bridgehead atoms. The van der Waals surface area contributed by atoms with Gasteiger partial charge in [-0.25, -0.2) is 24.5 Å². The zero-order valence-electron chi connectivity index (χ0n) is 18.9. The van der Waals surface area contributed by atoms with Gasteiger partial charge in [-0.2, -0.15) is 27.1 Å². The van der Waals surface area contributed by atoms with Gasteiger partial charge in [0, 0.05) is 13.3 Å². The first-order chi connectivity index (χ1) is 17.1. The van der Waals surface area contributed by atoms with E-state index in [2.05, 4.69) is 41.2 Å². The van der Waals surface area contributed by atoms with Gasteiger partial charge in [-0.3, -0.25) is 25.2 Å². The van der Waals surface area contributed by atoms with E-state index in [4.69, 9.17) is 5.73 Å². The molecule has 1 atom stereocenters. The summed E-state index contributed by atoms with van der Waals surface area (Å²) < 4.78 is 66.0. The summed E-state index contributed by atoms with van der Waals surface area (Å²) in [5, 5.41) is 6.24. The number of hydrogen-bond donors (Lipinski definition) is 4. The molecular formula is C19H17F5N10O3. The lowest BCUT2D eigenvalue weighted by Crippen LogP contribution is -2.52. The molecule has 0 aliphatic carbocycles. The van der Waals surface area contributed by atoms with Crippen LogP contribution in [-0.4, -0.2) is 59.4 Å². The van der Waals surface area contributed by atoms with E-state index >= 15 is 0 Å². The summed E-state index contributed by atoms with van der Waals surface area (Å²) in [6.45, 7) is 2.36. The number of carbonyl (C=O) groups is 3. The summed E-state index contributed by atoms with van der Waals surface area (Å²) >= 11 is 0. The molecule has 5 N–H and O–H groups in total. The molecule has 3 aromatic heterocycles. The Hall–Kier alpha value is -4.51. The second kappa shape index (κ2) is 8.56. The number of amides is 3. The van der Waals surface area contributed by atoms with Crippen LogP contribution in [0.2, 0.25) is 0 Å². The molecule has 3 amide bonds. The first-order valence-corrected chi connectivity index (χ1v) is 10.4. The Morgan fingerprint density at radius 3 is 2.51 bits per heavy atom. The van der Waals surface area contributed by atoms with Crippen LogP contribution in [0.15, 0.2) is 12.5 Å². The number of hydrogen-bond acceptors (Lipinski definition) is 9. The van der Waals surface area contributed by atoms with Crippen molar-refractivity contribution in [1.29, 1.82) is 0 Å². The smallest absolute Gasteiger partial charge is 0.383 e. The third-order valence-corrected chi connectivity index (χ3v) is 5.58. The number of aromatic nitrogens is 6. The highest BCUT2D eigenvalue weighted by atomic mass is 19.4. The SMILES string of the molecule is CC(=O)NNC(=O)C1(C)C(=O)Nc2nc(-c3cn4ncnc4c(CCC(F)(F)C(F)(F)F)n3)nc(N)c21. The monoisotopic (exact) mass is 528 g/mol. The average molecular weight is 528 g/mol. The van der Waals surface area contributed by atoms with Crippen LogP contribution >= 0.6 is 0 Å². The van der Waals surface area contributed by atoms with Crippen LogP contribution in [0.5, 0.6) is 0 Å². The predicted molar refractivity (Wildman–Crippen MR) is 113 cm³/mol. The Morgan fingerprint density at radius 2 is 1.86 bits per heavy atom. The van der Waals surface area contributed by atoms with Crippen molar-refractivity contribution in [3.63, 3.8) is 0 Å². The number of carbonyl (C=O) groups excluding carboxylic acids is 3. The number of nitrogens with one attached hydrogen (secondary N) is 3. The number of nitrogens with two attached hydrogens (primary N) is 1. The van der Waals surface area contributed by atoms with Crippen molar-refractivity contribution in [3.05, 3.63) is 23.8 Å². The molecule has 1 aliphatic heterocycles. The zero-order valence-corrected chi connectivity index (χ0v) is 18.9. The summed E-state index contributed by atoms with van der Waals surface area (Å²) in [6, 6.07) is 0. The minimum Gasteiger partial charge on any atom is -0.383 e. The number of alkyl halides is 5. The van der Waals surface area contributed by atoms with Gasteiger partial charge >= 0.3 is 12.1 Å². The predicted octanol–water partition coefficient (Wildman–Crippen LogP) is 0.671. The second-order valence-corrected chi connectivity index (χ2v) is 8.17. The Bertz CT molecular complexity index is 1440. The lowest BCUT2D eigenvalue weighted by Gasteiger charge is -2.21. The van der Waals surface area contributed by atoms with E-state index in [1.807, 2.05) is 0 Å². The van der Waals surface area contributed by atoms with Gasteiger partial charge in [0.2, 0.25) is 11.8 Å². The topological polar surface area (TPSA) is 182 Å². The molecule has 0 saturated carbocycles. The van der Waals surface area contributed by atoms with Gasteiger partial charge in [0.15, 0.2) is 16.9 Å². The molecule has 1 unspecified atom stereocenters. The van der Waals surface area contributed by atoms with Gasteiger partial charge in [-0.1, -0.05) is 0 Å². The van der Waals surface area contributed by atoms with Crippen LogP contribution in [0.1, 0.15) is 31.5 Å². The Kier molecular flexibility index (Phi) is 5.92. The van der Waals surface area contributed by atoms with Crippen LogP contribution in [0, 0.1) is 0 Å². The number of hydrazine groups is 1. The van der Waals surface area contributed by atoms with Gasteiger partial charge < -0.3 is 11.1 Å². The summed E-state index contributed by atoms with van der Waals surface area (Å²) in [5.41, 5.74) is 7.71. The molecule has 0 radical (unpaired) electrons. The van der Waals surface area contributed by atoms with Crippen molar-refractivity contribution in [2.45, 2.75) is 44.2 Å². The standard InChI is InChI=1S/C19H17F5N10O3/c1-7(35)32-33-16(37)17(2)10-11(25)29-12(30-13(10)31-15(17)36)9-5-34-14(26-6-27-34)8(28-9)3-4-18(20,21)19(22,23)24/h5-6H,3-4H2,1-2H3,(H,32,35)(H,33,37)(H3,25,29,30,31,36). The molecule has 3 aromatic rings. The van der Waals surface area contributed by atoms with E-state index in [-0.39, 0.29) is 40.1 Å². The minimum absolute atomic E-state index is 0.0635. The maximum absolute atomic E-state index is 13.5. The fraction of sp³-hybridized carbons (Fsp3) is 0.368. The van der Waals surface area contributed by atoms with E-state index in [0.29, 0.717) is 0 Å². The van der Waals surface area contributed by atoms with Gasteiger partial charge in [0.05, 0.1) is 17.5 Å². The maximum Gasteiger partial charge on any atom is 0.453 e. The van der Waals surface area contributed by atoms with Crippen molar-refractivity contribution >= 4 is 35.0 Å². The first kappa shape index (κ1) is 25.6. The molecule has 1 aliphatic rings. The third-order valence-electron chi connectivity index (χ3n) is 5.58. The number of fused-ring (bicyclic) bond motifs is 2. The van der Waals surface area contributed by atoms with Gasteiger partial charge in [0.1, 0.15) is 23.7 Å². The first-order valence-electron chi connectivity index (χ1n) is 10.4. The lowest BCUT2D eigenvalue weighted by molar-refractivity contribution is -0.284. The molecule has 4 heterocycles. The van der Waals surface area contributed by atoms with Crippen LogP contribution in [0.3, 0.4) is 0 Å². The molecule has 0 spiro atoms. The molecular weight excluding hydrogens is 511 g/mol. The van der Waals surface area contributed by atoms with Crippen molar-refractivity contribution in [2.24, 2.45) is 0 Å². The number of halogens is 5. The Balaban J connectivity index is 1.73. The van der Waals surface area contributed by atoms with Crippen molar-refractivity contribution in [2.75, 3.05) is 11.1 Å². The van der Waals surface area contributed by atoms with E-state index in [9.17, 15) is 36.3 Å². The summed E-state index contributed by atoms with van der Waals surface area (Å²) in [5.74, 6) is -8.08. The van der Waals surface area contributed by atoms with Crippen LogP contribution in [-0.2, 0) is 26.2 Å². The quantitative estimate of drug-likeness (QED) is 0.210. The molecule has 18 heteroatoms. The minimum atomic E-state index is -5.75. The van der Waals surface area contributed by atoms with Crippen molar-refractivity contribution < 1.29 is 36.3 Å². The molecule has 13 nitrogen and oxygen atoms in total. The zero-order chi connectivity index (χ0) is 27.3. The third kappa shape index (κ3) is 4.33. The molecule has 0 fully saturated rings. The molecule has 37 heavy (non-hydrogen) atoms. The average Bonchev–Trinajstić information content (AvgIpc) is 3.37. The largest absolute Gasteiger partial charge is 0.453 e.